The molecule has 1 fully saturated rings. The van der Waals surface area contributed by atoms with Gasteiger partial charge in [0.15, 0.2) is 0 Å². The number of hydrogen-bond acceptors (Lipinski definition) is 2. The van der Waals surface area contributed by atoms with E-state index in [-0.39, 0.29) is 0 Å². The maximum absolute atomic E-state index is 13.2. The Labute approximate surface area is 116 Å². The fraction of sp³-hybridized carbons (Fsp3) is 0.455. The van der Waals surface area contributed by atoms with Gasteiger partial charge >= 0.3 is 12.4 Å². The van der Waals surface area contributed by atoms with Crippen LogP contribution in [0.1, 0.15) is 6.42 Å². The lowest BCUT2D eigenvalue weighted by Crippen LogP contribution is -2.65. The van der Waals surface area contributed by atoms with Gasteiger partial charge in [0.05, 0.1) is 11.4 Å². The van der Waals surface area contributed by atoms with E-state index < -0.39 is 50.1 Å². The van der Waals surface area contributed by atoms with Crippen molar-refractivity contribution in [2.24, 2.45) is 0 Å². The quantitative estimate of drug-likeness (QED) is 0.741. The Balaban J connectivity index is 2.76. The maximum atomic E-state index is 13.2. The molecule has 0 bridgehead atoms. The van der Waals surface area contributed by atoms with Gasteiger partial charge in [-0.25, -0.2) is 12.7 Å². The molecule has 118 valence electrons. The van der Waals surface area contributed by atoms with Crippen molar-refractivity contribution >= 4 is 15.7 Å². The van der Waals surface area contributed by atoms with Gasteiger partial charge in [-0.1, -0.05) is 18.2 Å². The van der Waals surface area contributed by atoms with Crippen molar-refractivity contribution in [3.05, 3.63) is 30.3 Å². The highest BCUT2D eigenvalue weighted by molar-refractivity contribution is 7.93. The number of halogens is 6. The number of hydrogen-bond donors (Lipinski definition) is 0. The second-order valence-corrected chi connectivity index (χ2v) is 6.46. The third-order valence-corrected chi connectivity index (χ3v) is 5.07. The van der Waals surface area contributed by atoms with E-state index in [1.54, 1.807) is 0 Å². The molecular weight excluding hydrogens is 324 g/mol. The monoisotopic (exact) mass is 333 g/mol. The highest BCUT2D eigenvalue weighted by Gasteiger charge is 2.78. The molecular formula is C11H9F6NO2S. The fourth-order valence-corrected chi connectivity index (χ4v) is 4.28. The lowest BCUT2D eigenvalue weighted by Gasteiger charge is -2.40. The summed E-state index contributed by atoms with van der Waals surface area (Å²) < 4.78 is 102. The lowest BCUT2D eigenvalue weighted by molar-refractivity contribution is -0.291. The van der Waals surface area contributed by atoms with Crippen molar-refractivity contribution in [2.45, 2.75) is 24.3 Å². The Morgan fingerprint density at radius 2 is 1.43 bits per heavy atom. The molecule has 0 aromatic heterocycles. The Hall–Kier alpha value is -1.45. The zero-order chi connectivity index (χ0) is 16.1. The zero-order valence-electron chi connectivity index (χ0n) is 10.2. The van der Waals surface area contributed by atoms with E-state index in [9.17, 15) is 34.8 Å². The third kappa shape index (κ3) is 2.25. The molecule has 0 spiro atoms. The van der Waals surface area contributed by atoms with E-state index in [0.29, 0.717) is 0 Å². The summed E-state index contributed by atoms with van der Waals surface area (Å²) in [6, 6.07) is 5.49. The van der Waals surface area contributed by atoms with Crippen molar-refractivity contribution in [2.75, 3.05) is 10.1 Å². The van der Waals surface area contributed by atoms with E-state index in [2.05, 4.69) is 0 Å². The van der Waals surface area contributed by atoms with Crippen molar-refractivity contribution in [1.82, 2.24) is 0 Å². The summed E-state index contributed by atoms with van der Waals surface area (Å²) >= 11 is 0. The average molecular weight is 333 g/mol. The van der Waals surface area contributed by atoms with Gasteiger partial charge < -0.3 is 0 Å². The fourth-order valence-electron chi connectivity index (χ4n) is 2.33. The summed E-state index contributed by atoms with van der Waals surface area (Å²) in [7, 11) is -4.72. The molecule has 1 aromatic carbocycles. The molecule has 10 heteroatoms. The molecule has 0 amide bonds. The number of benzene rings is 1. The third-order valence-electron chi connectivity index (χ3n) is 3.28. The van der Waals surface area contributed by atoms with Gasteiger partial charge in [-0.2, -0.15) is 26.3 Å². The van der Waals surface area contributed by atoms with E-state index >= 15 is 0 Å². The SMILES string of the molecule is O=S1(=O)CCC(C(F)(F)F)(C(F)(F)F)N1c1ccccc1. The second kappa shape index (κ2) is 4.52. The molecule has 1 saturated heterocycles. The van der Waals surface area contributed by atoms with Crippen molar-refractivity contribution < 1.29 is 34.8 Å². The number of anilines is 1. The summed E-state index contributed by atoms with van der Waals surface area (Å²) in [5.74, 6) is -1.22. The molecule has 2 rings (SSSR count). The van der Waals surface area contributed by atoms with Crippen LogP contribution in [0, 0.1) is 0 Å². The van der Waals surface area contributed by atoms with Gasteiger partial charge in [0, 0.05) is 6.42 Å². The molecule has 1 aromatic rings. The number of alkyl halides is 6. The predicted molar refractivity (Wildman–Crippen MR) is 62.2 cm³/mol. The predicted octanol–water partition coefficient (Wildman–Crippen LogP) is 3.09. The van der Waals surface area contributed by atoms with E-state index in [4.69, 9.17) is 0 Å². The molecule has 0 aliphatic carbocycles. The van der Waals surface area contributed by atoms with Gasteiger partial charge in [-0.05, 0) is 12.1 Å². The molecule has 0 N–H and O–H groups in total. The summed E-state index contributed by atoms with van der Waals surface area (Å²) in [5.41, 5.74) is -5.09. The highest BCUT2D eigenvalue weighted by Crippen LogP contribution is 2.55. The number of rotatable bonds is 1. The molecule has 1 heterocycles. The summed E-state index contributed by atoms with van der Waals surface area (Å²) in [5, 5.41) is 0. The zero-order valence-corrected chi connectivity index (χ0v) is 11.1. The summed E-state index contributed by atoms with van der Waals surface area (Å²) in [6.45, 7) is 0. The molecule has 0 unspecified atom stereocenters. The van der Waals surface area contributed by atoms with Crippen molar-refractivity contribution in [3.63, 3.8) is 0 Å². The van der Waals surface area contributed by atoms with Crippen LogP contribution in [-0.4, -0.2) is 32.1 Å². The van der Waals surface area contributed by atoms with Gasteiger partial charge in [-0.3, -0.25) is 0 Å². The largest absolute Gasteiger partial charge is 0.421 e. The minimum absolute atomic E-state index is 0.542. The van der Waals surface area contributed by atoms with E-state index in [1.807, 2.05) is 0 Å². The van der Waals surface area contributed by atoms with Crippen LogP contribution in [0.2, 0.25) is 0 Å². The van der Waals surface area contributed by atoms with Crippen LogP contribution < -0.4 is 4.31 Å². The van der Waals surface area contributed by atoms with Gasteiger partial charge in [0.25, 0.3) is 0 Å². The van der Waals surface area contributed by atoms with Crippen LogP contribution >= 0.6 is 0 Å². The van der Waals surface area contributed by atoms with Crippen LogP contribution in [0.25, 0.3) is 0 Å². The normalized spacial score (nSPS) is 21.5. The van der Waals surface area contributed by atoms with Crippen LogP contribution in [0.15, 0.2) is 30.3 Å². The van der Waals surface area contributed by atoms with Crippen molar-refractivity contribution in [3.8, 4) is 0 Å². The molecule has 1 aliphatic heterocycles. The topological polar surface area (TPSA) is 37.4 Å². The van der Waals surface area contributed by atoms with E-state index in [1.165, 1.54) is 18.2 Å². The number of nitrogens with zero attached hydrogens (tertiary/aromatic N) is 1. The first-order valence-electron chi connectivity index (χ1n) is 5.65. The molecule has 0 atom stereocenters. The Kier molecular flexibility index (Phi) is 3.43. The molecule has 0 saturated carbocycles. The first-order valence-corrected chi connectivity index (χ1v) is 7.26. The smallest absolute Gasteiger partial charge is 0.246 e. The number of sulfonamides is 1. The minimum atomic E-state index is -5.79. The van der Waals surface area contributed by atoms with Gasteiger partial charge in [-0.15, -0.1) is 0 Å². The maximum Gasteiger partial charge on any atom is 0.421 e. The van der Waals surface area contributed by atoms with Crippen LogP contribution in [0.5, 0.6) is 0 Å². The molecule has 21 heavy (non-hydrogen) atoms. The first kappa shape index (κ1) is 15.9. The molecule has 0 radical (unpaired) electrons. The van der Waals surface area contributed by atoms with Gasteiger partial charge in [0.2, 0.25) is 15.6 Å². The van der Waals surface area contributed by atoms with Gasteiger partial charge in [0.1, 0.15) is 0 Å². The lowest BCUT2D eigenvalue weighted by atomic mass is 9.93. The van der Waals surface area contributed by atoms with E-state index in [0.717, 1.165) is 12.1 Å². The highest BCUT2D eigenvalue weighted by atomic mass is 32.2. The second-order valence-electron chi connectivity index (χ2n) is 4.52. The number of para-hydroxylation sites is 1. The molecule has 3 nitrogen and oxygen atoms in total. The Morgan fingerprint density at radius 1 is 0.952 bits per heavy atom. The average Bonchev–Trinajstić information content (AvgIpc) is 2.62. The Morgan fingerprint density at radius 3 is 1.86 bits per heavy atom. The molecule has 1 aliphatic rings. The van der Waals surface area contributed by atoms with Crippen molar-refractivity contribution in [1.29, 1.82) is 0 Å². The minimum Gasteiger partial charge on any atom is -0.246 e. The Bertz CT molecular complexity index is 608. The summed E-state index contributed by atoms with van der Waals surface area (Å²) in [6.07, 6.45) is -13.2. The standard InChI is InChI=1S/C11H9F6NO2S/c12-10(13,14)9(11(15,16)17)6-7-21(19,20)18(9)8-4-2-1-3-5-8/h1-5H,6-7H2. The van der Waals surface area contributed by atoms with Crippen LogP contribution in [0.4, 0.5) is 32.0 Å². The first-order chi connectivity index (χ1) is 9.43. The summed E-state index contributed by atoms with van der Waals surface area (Å²) in [4.78, 5) is 0. The van der Waals surface area contributed by atoms with Crippen LogP contribution in [-0.2, 0) is 10.0 Å². The van der Waals surface area contributed by atoms with Crippen LogP contribution in [0.3, 0.4) is 0 Å².